The summed E-state index contributed by atoms with van der Waals surface area (Å²) in [5.41, 5.74) is 2.12. The minimum Gasteiger partial charge on any atom is -0.345 e. The summed E-state index contributed by atoms with van der Waals surface area (Å²) in [6.45, 7) is 1.77. The highest BCUT2D eigenvalue weighted by atomic mass is 19.1. The van der Waals surface area contributed by atoms with Gasteiger partial charge in [0.25, 0.3) is 5.91 Å². The molecule has 4 rings (SSSR count). The summed E-state index contributed by atoms with van der Waals surface area (Å²) in [4.78, 5) is 22.3. The summed E-state index contributed by atoms with van der Waals surface area (Å²) >= 11 is 0. The van der Waals surface area contributed by atoms with Crippen LogP contribution in [0.25, 0.3) is 22.0 Å². The number of amides is 1. The first-order valence-corrected chi connectivity index (χ1v) is 9.62. The van der Waals surface area contributed by atoms with Crippen molar-refractivity contribution < 1.29 is 13.6 Å². The summed E-state index contributed by atoms with van der Waals surface area (Å²) in [6, 6.07) is 6.95. The van der Waals surface area contributed by atoms with E-state index >= 15 is 0 Å². The van der Waals surface area contributed by atoms with E-state index in [0.717, 1.165) is 31.6 Å². The van der Waals surface area contributed by atoms with E-state index in [0.29, 0.717) is 16.5 Å². The molecule has 29 heavy (non-hydrogen) atoms. The first-order chi connectivity index (χ1) is 14.0. The molecule has 3 aromatic rings. The number of hydrogen-bond donors (Lipinski definition) is 1. The molecular weight excluding hydrogens is 374 g/mol. The van der Waals surface area contributed by atoms with Crippen LogP contribution in [0.3, 0.4) is 0 Å². The van der Waals surface area contributed by atoms with Crippen LogP contribution >= 0.6 is 0 Å². The number of piperidine rings is 1. The third-order valence-electron chi connectivity index (χ3n) is 5.37. The van der Waals surface area contributed by atoms with E-state index in [2.05, 4.69) is 15.3 Å². The molecule has 1 saturated heterocycles. The van der Waals surface area contributed by atoms with Crippen LogP contribution in [0.15, 0.2) is 36.7 Å². The van der Waals surface area contributed by atoms with E-state index in [1.807, 2.05) is 0 Å². The zero-order chi connectivity index (χ0) is 20.5. The molecule has 0 atom stereocenters. The third kappa shape index (κ3) is 3.70. The first-order valence-electron chi connectivity index (χ1n) is 9.62. The molecule has 0 spiro atoms. The number of aromatic nitrogens is 2. The lowest BCUT2D eigenvalue weighted by Gasteiger charge is -2.23. The van der Waals surface area contributed by atoms with Crippen molar-refractivity contribution in [3.8, 4) is 11.1 Å². The van der Waals surface area contributed by atoms with E-state index in [1.54, 1.807) is 20.2 Å². The molecule has 1 fully saturated rings. The van der Waals surface area contributed by atoms with Gasteiger partial charge in [-0.15, -0.1) is 0 Å². The Morgan fingerprint density at radius 2 is 1.83 bits per heavy atom. The number of carbonyl (C=O) groups is 1. The van der Waals surface area contributed by atoms with Gasteiger partial charge in [-0.3, -0.25) is 4.79 Å². The highest BCUT2D eigenvalue weighted by molar-refractivity contribution is 5.97. The second-order valence-electron chi connectivity index (χ2n) is 7.53. The van der Waals surface area contributed by atoms with Gasteiger partial charge in [0, 0.05) is 42.1 Å². The van der Waals surface area contributed by atoms with Crippen molar-refractivity contribution >= 4 is 16.8 Å². The molecule has 2 heterocycles. The number of benzene rings is 2. The highest BCUT2D eigenvalue weighted by Gasteiger charge is 2.22. The largest absolute Gasteiger partial charge is 0.345 e. The van der Waals surface area contributed by atoms with Crippen molar-refractivity contribution in [1.29, 1.82) is 0 Å². The van der Waals surface area contributed by atoms with E-state index in [4.69, 9.17) is 0 Å². The predicted octanol–water partition coefficient (Wildman–Crippen LogP) is 3.74. The Hall–Kier alpha value is -2.93. The lowest BCUT2D eigenvalue weighted by molar-refractivity contribution is 0.0827. The Labute approximate surface area is 167 Å². The minimum absolute atomic E-state index is 0.208. The van der Waals surface area contributed by atoms with E-state index in [9.17, 15) is 13.6 Å². The van der Waals surface area contributed by atoms with Gasteiger partial charge in [-0.2, -0.15) is 0 Å². The van der Waals surface area contributed by atoms with Crippen molar-refractivity contribution in [3.05, 3.63) is 59.6 Å². The topological polar surface area (TPSA) is 58.1 Å². The molecule has 0 unspecified atom stereocenters. The highest BCUT2D eigenvalue weighted by Crippen LogP contribution is 2.35. The predicted molar refractivity (Wildman–Crippen MR) is 108 cm³/mol. The second-order valence-corrected chi connectivity index (χ2v) is 7.53. The van der Waals surface area contributed by atoms with Crippen molar-refractivity contribution in [2.24, 2.45) is 0 Å². The van der Waals surface area contributed by atoms with Crippen LogP contribution in [0.5, 0.6) is 0 Å². The SMILES string of the molecule is CN(C)C(=O)c1ccc(-c2cc(F)cc3c(C4CCNCC4)ncnc23)c(F)c1. The molecule has 1 aromatic heterocycles. The minimum atomic E-state index is -0.591. The number of carbonyl (C=O) groups excluding carboxylic acids is 1. The van der Waals surface area contributed by atoms with Crippen LogP contribution in [0.4, 0.5) is 8.78 Å². The monoisotopic (exact) mass is 396 g/mol. The number of hydrogen-bond acceptors (Lipinski definition) is 4. The van der Waals surface area contributed by atoms with E-state index in [1.165, 1.54) is 35.5 Å². The number of nitrogens with zero attached hydrogens (tertiary/aromatic N) is 3. The molecule has 150 valence electrons. The molecule has 0 radical (unpaired) electrons. The Morgan fingerprint density at radius 1 is 1.07 bits per heavy atom. The first kappa shape index (κ1) is 19.4. The van der Waals surface area contributed by atoms with Gasteiger partial charge in [-0.05, 0) is 50.2 Å². The van der Waals surface area contributed by atoms with Crippen LogP contribution in [0.1, 0.15) is 34.8 Å². The number of fused-ring (bicyclic) bond motifs is 1. The molecule has 7 heteroatoms. The van der Waals surface area contributed by atoms with Crippen LogP contribution in [-0.2, 0) is 0 Å². The van der Waals surface area contributed by atoms with Crippen molar-refractivity contribution in [2.45, 2.75) is 18.8 Å². The van der Waals surface area contributed by atoms with Crippen LogP contribution in [0, 0.1) is 11.6 Å². The Morgan fingerprint density at radius 3 is 2.52 bits per heavy atom. The second kappa shape index (κ2) is 7.83. The summed E-state index contributed by atoms with van der Waals surface area (Å²) in [6.07, 6.45) is 3.28. The van der Waals surface area contributed by atoms with Crippen LogP contribution < -0.4 is 5.32 Å². The maximum atomic E-state index is 14.9. The van der Waals surface area contributed by atoms with Gasteiger partial charge in [0.2, 0.25) is 0 Å². The van der Waals surface area contributed by atoms with Gasteiger partial charge in [-0.1, -0.05) is 6.07 Å². The van der Waals surface area contributed by atoms with Gasteiger partial charge < -0.3 is 10.2 Å². The van der Waals surface area contributed by atoms with Gasteiger partial charge in [0.05, 0.1) is 11.2 Å². The lowest BCUT2D eigenvalue weighted by atomic mass is 9.90. The molecule has 1 N–H and O–H groups in total. The molecule has 0 aliphatic carbocycles. The Kier molecular flexibility index (Phi) is 5.24. The van der Waals surface area contributed by atoms with Crippen molar-refractivity contribution in [3.63, 3.8) is 0 Å². The standard InChI is InChI=1S/C22H22F2N4O/c1-28(2)22(29)14-3-4-16(19(24)9-14)17-10-15(23)11-18-20(26-12-27-21(17)18)13-5-7-25-8-6-13/h3-4,9-13,25H,5-8H2,1-2H3. The summed E-state index contributed by atoms with van der Waals surface area (Å²) in [5.74, 6) is -1.15. The zero-order valence-corrected chi connectivity index (χ0v) is 16.4. The van der Waals surface area contributed by atoms with Crippen molar-refractivity contribution in [2.75, 3.05) is 27.2 Å². The molecule has 1 aliphatic heterocycles. The average molecular weight is 396 g/mol. The fourth-order valence-electron chi connectivity index (χ4n) is 3.90. The van der Waals surface area contributed by atoms with E-state index in [-0.39, 0.29) is 23.0 Å². The van der Waals surface area contributed by atoms with E-state index < -0.39 is 11.6 Å². The number of nitrogens with one attached hydrogen (secondary N) is 1. The lowest BCUT2D eigenvalue weighted by Crippen LogP contribution is -2.27. The summed E-state index contributed by atoms with van der Waals surface area (Å²) < 4.78 is 29.5. The van der Waals surface area contributed by atoms with Crippen LogP contribution in [-0.4, -0.2) is 48.0 Å². The molecule has 0 saturated carbocycles. The quantitative estimate of drug-likeness (QED) is 0.733. The number of halogens is 2. The Balaban J connectivity index is 1.85. The third-order valence-corrected chi connectivity index (χ3v) is 5.37. The summed E-state index contributed by atoms with van der Waals surface area (Å²) in [7, 11) is 3.21. The van der Waals surface area contributed by atoms with Gasteiger partial charge in [0.15, 0.2) is 0 Å². The smallest absolute Gasteiger partial charge is 0.253 e. The normalized spacial score (nSPS) is 14.9. The molecule has 5 nitrogen and oxygen atoms in total. The maximum absolute atomic E-state index is 14.9. The van der Waals surface area contributed by atoms with Gasteiger partial charge in [0.1, 0.15) is 18.0 Å². The zero-order valence-electron chi connectivity index (χ0n) is 16.4. The fourth-order valence-corrected chi connectivity index (χ4v) is 3.90. The van der Waals surface area contributed by atoms with Crippen LogP contribution in [0.2, 0.25) is 0 Å². The maximum Gasteiger partial charge on any atom is 0.253 e. The summed E-state index contributed by atoms with van der Waals surface area (Å²) in [5, 5.41) is 3.93. The Bertz CT molecular complexity index is 1080. The average Bonchev–Trinajstić information content (AvgIpc) is 2.72. The fraction of sp³-hybridized carbons (Fsp3) is 0.318. The molecular formula is C22H22F2N4O. The number of rotatable bonds is 3. The molecule has 1 amide bonds. The molecule has 0 bridgehead atoms. The van der Waals surface area contributed by atoms with Gasteiger partial charge in [-0.25, -0.2) is 18.7 Å². The molecule has 1 aliphatic rings. The van der Waals surface area contributed by atoms with Crippen molar-refractivity contribution in [1.82, 2.24) is 20.2 Å². The molecule has 2 aromatic carbocycles. The van der Waals surface area contributed by atoms with Gasteiger partial charge >= 0.3 is 0 Å².